The molecule has 16 heavy (non-hydrogen) atoms. The molecule has 0 saturated carbocycles. The van der Waals surface area contributed by atoms with E-state index in [1.165, 1.54) is 0 Å². The first kappa shape index (κ1) is 12.8. The molecule has 4 heteroatoms. The van der Waals surface area contributed by atoms with Crippen LogP contribution < -0.4 is 11.1 Å². The minimum Gasteiger partial charge on any atom is -0.397 e. The molecule has 0 aliphatic carbocycles. The van der Waals surface area contributed by atoms with Gasteiger partial charge in [0, 0.05) is 6.42 Å². The molecule has 88 valence electrons. The number of anilines is 2. The van der Waals surface area contributed by atoms with Crippen LogP contribution in [-0.2, 0) is 4.79 Å². The summed E-state index contributed by atoms with van der Waals surface area (Å²) in [6.45, 7) is 2.10. The quantitative estimate of drug-likeness (QED) is 0.612. The van der Waals surface area contributed by atoms with Crippen molar-refractivity contribution in [3.05, 3.63) is 23.2 Å². The second kappa shape index (κ2) is 6.38. The number of para-hydroxylation sites is 1. The Morgan fingerprint density at radius 1 is 1.44 bits per heavy atom. The van der Waals surface area contributed by atoms with E-state index in [9.17, 15) is 4.79 Å². The largest absolute Gasteiger partial charge is 0.397 e. The van der Waals surface area contributed by atoms with Gasteiger partial charge in [-0.1, -0.05) is 37.4 Å². The highest BCUT2D eigenvalue weighted by atomic mass is 35.5. The van der Waals surface area contributed by atoms with Crippen molar-refractivity contribution in [3.8, 4) is 0 Å². The Kier molecular flexibility index (Phi) is 5.12. The van der Waals surface area contributed by atoms with E-state index in [1.54, 1.807) is 18.2 Å². The van der Waals surface area contributed by atoms with Crippen molar-refractivity contribution in [1.82, 2.24) is 0 Å². The van der Waals surface area contributed by atoms with E-state index in [0.29, 0.717) is 22.8 Å². The van der Waals surface area contributed by atoms with E-state index >= 15 is 0 Å². The summed E-state index contributed by atoms with van der Waals surface area (Å²) in [5.74, 6) is -0.0340. The second-order valence-corrected chi connectivity index (χ2v) is 4.12. The van der Waals surface area contributed by atoms with Crippen molar-refractivity contribution in [2.24, 2.45) is 0 Å². The molecule has 0 heterocycles. The Bertz CT molecular complexity index is 346. The molecule has 0 spiro atoms. The van der Waals surface area contributed by atoms with Gasteiger partial charge < -0.3 is 11.1 Å². The predicted molar refractivity (Wildman–Crippen MR) is 68.6 cm³/mol. The maximum Gasteiger partial charge on any atom is 0.224 e. The number of carbonyl (C=O) groups is 1. The summed E-state index contributed by atoms with van der Waals surface area (Å²) in [6, 6.07) is 5.18. The Labute approximate surface area is 101 Å². The number of nitrogens with two attached hydrogens (primary N) is 1. The Balaban J connectivity index is 2.56. The van der Waals surface area contributed by atoms with Crippen LogP contribution in [-0.4, -0.2) is 5.91 Å². The number of benzene rings is 1. The van der Waals surface area contributed by atoms with Gasteiger partial charge in [-0.2, -0.15) is 0 Å². The first-order valence-corrected chi connectivity index (χ1v) is 5.86. The number of carbonyl (C=O) groups excluding carboxylic acids is 1. The molecular formula is C12H17ClN2O. The molecule has 0 fully saturated rings. The molecule has 1 aromatic rings. The normalized spacial score (nSPS) is 10.1. The average Bonchev–Trinajstić information content (AvgIpc) is 2.24. The number of hydrogen-bond acceptors (Lipinski definition) is 2. The van der Waals surface area contributed by atoms with Crippen LogP contribution in [0.5, 0.6) is 0 Å². The van der Waals surface area contributed by atoms with Crippen LogP contribution in [0, 0.1) is 0 Å². The lowest BCUT2D eigenvalue weighted by Gasteiger charge is -2.09. The van der Waals surface area contributed by atoms with Gasteiger partial charge in [-0.15, -0.1) is 0 Å². The zero-order chi connectivity index (χ0) is 12.0. The number of hydrogen-bond donors (Lipinski definition) is 2. The lowest BCUT2D eigenvalue weighted by atomic mass is 10.2. The lowest BCUT2D eigenvalue weighted by molar-refractivity contribution is -0.116. The molecule has 1 amide bonds. The third-order valence-electron chi connectivity index (χ3n) is 2.32. The van der Waals surface area contributed by atoms with E-state index in [0.717, 1.165) is 19.3 Å². The van der Waals surface area contributed by atoms with Gasteiger partial charge >= 0.3 is 0 Å². The van der Waals surface area contributed by atoms with Crippen molar-refractivity contribution in [1.29, 1.82) is 0 Å². The summed E-state index contributed by atoms with van der Waals surface area (Å²) in [5.41, 5.74) is 6.74. The second-order valence-electron chi connectivity index (χ2n) is 3.71. The van der Waals surface area contributed by atoms with Crippen molar-refractivity contribution in [3.63, 3.8) is 0 Å². The van der Waals surface area contributed by atoms with Crippen LogP contribution in [0.1, 0.15) is 32.6 Å². The van der Waals surface area contributed by atoms with Crippen molar-refractivity contribution >= 4 is 28.9 Å². The van der Waals surface area contributed by atoms with Gasteiger partial charge in [0.05, 0.1) is 16.4 Å². The molecule has 3 nitrogen and oxygen atoms in total. The maximum absolute atomic E-state index is 11.6. The van der Waals surface area contributed by atoms with E-state index < -0.39 is 0 Å². The van der Waals surface area contributed by atoms with Crippen LogP contribution in [0.3, 0.4) is 0 Å². The molecule has 3 N–H and O–H groups in total. The Morgan fingerprint density at radius 2 is 2.19 bits per heavy atom. The molecule has 0 aromatic heterocycles. The number of nitrogens with one attached hydrogen (secondary N) is 1. The van der Waals surface area contributed by atoms with Crippen LogP contribution in [0.4, 0.5) is 11.4 Å². The monoisotopic (exact) mass is 240 g/mol. The zero-order valence-corrected chi connectivity index (χ0v) is 10.2. The fourth-order valence-corrected chi connectivity index (χ4v) is 1.64. The highest BCUT2D eigenvalue weighted by Gasteiger charge is 2.08. The number of halogens is 1. The van der Waals surface area contributed by atoms with Gasteiger partial charge in [0.15, 0.2) is 0 Å². The summed E-state index contributed by atoms with van der Waals surface area (Å²) in [6.07, 6.45) is 3.57. The number of nitrogen functional groups attached to an aromatic ring is 1. The molecular weight excluding hydrogens is 224 g/mol. The van der Waals surface area contributed by atoms with E-state index in [1.807, 2.05) is 0 Å². The highest BCUT2D eigenvalue weighted by Crippen LogP contribution is 2.27. The summed E-state index contributed by atoms with van der Waals surface area (Å²) in [7, 11) is 0. The number of amides is 1. The first-order chi connectivity index (χ1) is 7.65. The van der Waals surface area contributed by atoms with Gasteiger partial charge in [-0.05, 0) is 18.6 Å². The minimum atomic E-state index is -0.0340. The van der Waals surface area contributed by atoms with Crippen molar-refractivity contribution in [2.45, 2.75) is 32.6 Å². The highest BCUT2D eigenvalue weighted by molar-refractivity contribution is 6.34. The predicted octanol–water partition coefficient (Wildman–Crippen LogP) is 3.44. The third kappa shape index (κ3) is 3.74. The maximum atomic E-state index is 11.6. The molecule has 0 aliphatic rings. The summed E-state index contributed by atoms with van der Waals surface area (Å²) in [5, 5.41) is 3.22. The van der Waals surface area contributed by atoms with Crippen molar-refractivity contribution < 1.29 is 4.79 Å². The van der Waals surface area contributed by atoms with Gasteiger partial charge in [-0.25, -0.2) is 0 Å². The average molecular weight is 241 g/mol. The summed E-state index contributed by atoms with van der Waals surface area (Å²) < 4.78 is 0. The molecule has 0 aliphatic heterocycles. The number of rotatable bonds is 5. The Morgan fingerprint density at radius 3 is 2.81 bits per heavy atom. The van der Waals surface area contributed by atoms with E-state index in [4.69, 9.17) is 17.3 Å². The summed E-state index contributed by atoms with van der Waals surface area (Å²) >= 11 is 5.94. The Hall–Kier alpha value is -1.22. The lowest BCUT2D eigenvalue weighted by Crippen LogP contribution is -2.12. The van der Waals surface area contributed by atoms with Gasteiger partial charge in [0.25, 0.3) is 0 Å². The topological polar surface area (TPSA) is 55.1 Å². The molecule has 1 rings (SSSR count). The van der Waals surface area contributed by atoms with Gasteiger partial charge in [0.1, 0.15) is 0 Å². The summed E-state index contributed by atoms with van der Waals surface area (Å²) in [4.78, 5) is 11.6. The van der Waals surface area contributed by atoms with Gasteiger partial charge in [-0.3, -0.25) is 4.79 Å². The number of unbranched alkanes of at least 4 members (excludes halogenated alkanes) is 2. The van der Waals surface area contributed by atoms with Crippen LogP contribution >= 0.6 is 11.6 Å². The van der Waals surface area contributed by atoms with Crippen LogP contribution in [0.15, 0.2) is 18.2 Å². The molecule has 0 atom stereocenters. The van der Waals surface area contributed by atoms with Crippen molar-refractivity contribution in [2.75, 3.05) is 11.1 Å². The van der Waals surface area contributed by atoms with E-state index in [-0.39, 0.29) is 5.91 Å². The first-order valence-electron chi connectivity index (χ1n) is 5.49. The molecule has 0 bridgehead atoms. The molecule has 0 unspecified atom stereocenters. The third-order valence-corrected chi connectivity index (χ3v) is 2.63. The standard InChI is InChI=1S/C12H17ClN2O/c1-2-3-4-8-11(16)15-12-9(13)6-5-7-10(12)14/h5-7H,2-4,8,14H2,1H3,(H,15,16). The smallest absolute Gasteiger partial charge is 0.224 e. The SMILES string of the molecule is CCCCCC(=O)Nc1c(N)cccc1Cl. The zero-order valence-electron chi connectivity index (χ0n) is 9.42. The molecule has 0 saturated heterocycles. The van der Waals surface area contributed by atoms with Crippen LogP contribution in [0.25, 0.3) is 0 Å². The fourth-order valence-electron chi connectivity index (χ4n) is 1.41. The molecule has 1 aromatic carbocycles. The van der Waals surface area contributed by atoms with E-state index in [2.05, 4.69) is 12.2 Å². The molecule has 0 radical (unpaired) electrons. The fraction of sp³-hybridized carbons (Fsp3) is 0.417. The minimum absolute atomic E-state index is 0.0340. The van der Waals surface area contributed by atoms with Gasteiger partial charge in [0.2, 0.25) is 5.91 Å². The van der Waals surface area contributed by atoms with Crippen LogP contribution in [0.2, 0.25) is 5.02 Å².